The molecule has 0 aliphatic carbocycles. The second-order valence-electron chi connectivity index (χ2n) is 6.77. The standard InChI is InChI=1S/C22H21N3O2/c26-21(24-19-8-4-6-16-7-5-13-23-20(16)19)17-9-11-18(12-10-17)22(27)25-14-2-1-3-15-25/h4-13H,1-3,14-15H2,(H,24,26). The Hall–Kier alpha value is -3.21. The molecule has 4 rings (SSSR count). The summed E-state index contributed by atoms with van der Waals surface area (Å²) in [5, 5.41) is 3.89. The summed E-state index contributed by atoms with van der Waals surface area (Å²) < 4.78 is 0. The fraction of sp³-hybridized carbons (Fsp3) is 0.227. The number of pyridine rings is 1. The van der Waals surface area contributed by atoms with E-state index in [1.54, 1.807) is 30.5 Å². The van der Waals surface area contributed by atoms with E-state index in [0.29, 0.717) is 16.8 Å². The van der Waals surface area contributed by atoms with E-state index in [1.165, 1.54) is 6.42 Å². The first-order valence-electron chi connectivity index (χ1n) is 9.27. The summed E-state index contributed by atoms with van der Waals surface area (Å²) in [6, 6.07) is 16.4. The molecule has 0 atom stereocenters. The number of benzene rings is 2. The Morgan fingerprint density at radius 1 is 0.852 bits per heavy atom. The van der Waals surface area contributed by atoms with Gasteiger partial charge in [-0.25, -0.2) is 0 Å². The highest BCUT2D eigenvalue weighted by Gasteiger charge is 2.18. The maximum absolute atomic E-state index is 12.6. The van der Waals surface area contributed by atoms with Gasteiger partial charge < -0.3 is 10.2 Å². The third kappa shape index (κ3) is 3.67. The van der Waals surface area contributed by atoms with Crippen molar-refractivity contribution in [2.45, 2.75) is 19.3 Å². The van der Waals surface area contributed by atoms with Crippen molar-refractivity contribution >= 4 is 28.4 Å². The van der Waals surface area contributed by atoms with Crippen molar-refractivity contribution in [1.29, 1.82) is 0 Å². The van der Waals surface area contributed by atoms with E-state index in [2.05, 4.69) is 10.3 Å². The SMILES string of the molecule is O=C(Nc1cccc2cccnc12)c1ccc(C(=O)N2CCCCC2)cc1. The van der Waals surface area contributed by atoms with Gasteiger partial charge in [-0.2, -0.15) is 0 Å². The molecule has 0 bridgehead atoms. The zero-order chi connectivity index (χ0) is 18.6. The van der Waals surface area contributed by atoms with Gasteiger partial charge in [0.2, 0.25) is 0 Å². The first kappa shape index (κ1) is 17.2. The molecule has 1 aliphatic heterocycles. The lowest BCUT2D eigenvalue weighted by Crippen LogP contribution is -2.35. The number of carbonyl (C=O) groups excluding carboxylic acids is 2. The molecule has 0 unspecified atom stereocenters. The van der Waals surface area contributed by atoms with Gasteiger partial charge in [0.25, 0.3) is 11.8 Å². The number of anilines is 1. The molecule has 3 aromatic rings. The van der Waals surface area contributed by atoms with Crippen LogP contribution in [0.4, 0.5) is 5.69 Å². The Bertz CT molecular complexity index is 971. The Morgan fingerprint density at radius 3 is 2.33 bits per heavy atom. The molecule has 27 heavy (non-hydrogen) atoms. The van der Waals surface area contributed by atoms with Gasteiger partial charge in [-0.05, 0) is 55.7 Å². The number of rotatable bonds is 3. The lowest BCUT2D eigenvalue weighted by Gasteiger charge is -2.26. The molecule has 5 heteroatoms. The van der Waals surface area contributed by atoms with Gasteiger partial charge in [0.15, 0.2) is 0 Å². The monoisotopic (exact) mass is 359 g/mol. The minimum absolute atomic E-state index is 0.0416. The summed E-state index contributed by atoms with van der Waals surface area (Å²) in [6.45, 7) is 1.63. The molecule has 0 spiro atoms. The molecule has 0 radical (unpaired) electrons. The second kappa shape index (κ2) is 7.58. The van der Waals surface area contributed by atoms with Crippen LogP contribution in [-0.2, 0) is 0 Å². The van der Waals surface area contributed by atoms with Crippen molar-refractivity contribution in [1.82, 2.24) is 9.88 Å². The van der Waals surface area contributed by atoms with E-state index in [-0.39, 0.29) is 11.8 Å². The molecule has 1 aromatic heterocycles. The lowest BCUT2D eigenvalue weighted by molar-refractivity contribution is 0.0724. The molecule has 1 fully saturated rings. The second-order valence-corrected chi connectivity index (χ2v) is 6.77. The predicted molar refractivity (Wildman–Crippen MR) is 106 cm³/mol. The zero-order valence-corrected chi connectivity index (χ0v) is 15.0. The molecule has 2 amide bonds. The summed E-state index contributed by atoms with van der Waals surface area (Å²) in [5.74, 6) is -0.176. The molecule has 1 saturated heterocycles. The number of hydrogen-bond donors (Lipinski definition) is 1. The summed E-state index contributed by atoms with van der Waals surface area (Å²) in [5.41, 5.74) is 2.57. The number of likely N-dealkylation sites (tertiary alicyclic amines) is 1. The normalized spacial score (nSPS) is 14.1. The fourth-order valence-corrected chi connectivity index (χ4v) is 3.44. The van der Waals surface area contributed by atoms with Crippen molar-refractivity contribution in [2.24, 2.45) is 0 Å². The molecule has 2 aromatic carbocycles. The van der Waals surface area contributed by atoms with E-state index >= 15 is 0 Å². The van der Waals surface area contributed by atoms with Gasteiger partial charge in [0, 0.05) is 35.8 Å². The number of piperidine rings is 1. The van der Waals surface area contributed by atoms with Crippen LogP contribution in [0.1, 0.15) is 40.0 Å². The number of nitrogens with one attached hydrogen (secondary N) is 1. The van der Waals surface area contributed by atoms with Crippen LogP contribution in [0.5, 0.6) is 0 Å². The smallest absolute Gasteiger partial charge is 0.255 e. The van der Waals surface area contributed by atoms with Crippen LogP contribution in [0.2, 0.25) is 0 Å². The summed E-state index contributed by atoms with van der Waals surface area (Å²) in [7, 11) is 0. The van der Waals surface area contributed by atoms with E-state index in [1.807, 2.05) is 35.2 Å². The van der Waals surface area contributed by atoms with Crippen molar-refractivity contribution in [3.05, 3.63) is 71.9 Å². The summed E-state index contributed by atoms with van der Waals surface area (Å²) in [4.78, 5) is 31.4. The van der Waals surface area contributed by atoms with Crippen molar-refractivity contribution in [3.8, 4) is 0 Å². The van der Waals surface area contributed by atoms with Crippen LogP contribution in [0.15, 0.2) is 60.8 Å². The van der Waals surface area contributed by atoms with Gasteiger partial charge in [0.1, 0.15) is 0 Å². The van der Waals surface area contributed by atoms with Gasteiger partial charge in [-0.3, -0.25) is 14.6 Å². The minimum Gasteiger partial charge on any atom is -0.339 e. The average molecular weight is 359 g/mol. The van der Waals surface area contributed by atoms with Crippen LogP contribution in [-0.4, -0.2) is 34.8 Å². The number of hydrogen-bond acceptors (Lipinski definition) is 3. The average Bonchev–Trinajstić information content (AvgIpc) is 2.74. The maximum atomic E-state index is 12.6. The van der Waals surface area contributed by atoms with Gasteiger partial charge in [0.05, 0.1) is 11.2 Å². The number of aromatic nitrogens is 1. The number of amides is 2. The summed E-state index contributed by atoms with van der Waals surface area (Å²) >= 11 is 0. The number of carbonyl (C=O) groups is 2. The first-order chi connectivity index (χ1) is 13.2. The topological polar surface area (TPSA) is 62.3 Å². The van der Waals surface area contributed by atoms with Crippen molar-refractivity contribution < 1.29 is 9.59 Å². The largest absolute Gasteiger partial charge is 0.339 e. The zero-order valence-electron chi connectivity index (χ0n) is 15.0. The van der Waals surface area contributed by atoms with Gasteiger partial charge in [-0.15, -0.1) is 0 Å². The Morgan fingerprint density at radius 2 is 1.56 bits per heavy atom. The van der Waals surface area contributed by atoms with Crippen LogP contribution < -0.4 is 5.32 Å². The van der Waals surface area contributed by atoms with E-state index in [0.717, 1.165) is 36.8 Å². The van der Waals surface area contributed by atoms with E-state index < -0.39 is 0 Å². The lowest BCUT2D eigenvalue weighted by atomic mass is 10.1. The number of fused-ring (bicyclic) bond motifs is 1. The highest BCUT2D eigenvalue weighted by molar-refractivity contribution is 6.08. The molecule has 0 saturated carbocycles. The van der Waals surface area contributed by atoms with Crippen LogP contribution in [0, 0.1) is 0 Å². The third-order valence-corrected chi connectivity index (χ3v) is 4.92. The van der Waals surface area contributed by atoms with Crippen LogP contribution in [0.3, 0.4) is 0 Å². The Kier molecular flexibility index (Phi) is 4.83. The molecular formula is C22H21N3O2. The third-order valence-electron chi connectivity index (χ3n) is 4.92. The van der Waals surface area contributed by atoms with Gasteiger partial charge >= 0.3 is 0 Å². The van der Waals surface area contributed by atoms with Gasteiger partial charge in [-0.1, -0.05) is 18.2 Å². The number of para-hydroxylation sites is 1. The molecule has 2 heterocycles. The highest BCUT2D eigenvalue weighted by atomic mass is 16.2. The predicted octanol–water partition coefficient (Wildman–Crippen LogP) is 4.11. The molecular weight excluding hydrogens is 338 g/mol. The quantitative estimate of drug-likeness (QED) is 0.765. The van der Waals surface area contributed by atoms with Crippen LogP contribution >= 0.6 is 0 Å². The number of nitrogens with zero attached hydrogens (tertiary/aromatic N) is 2. The van der Waals surface area contributed by atoms with E-state index in [4.69, 9.17) is 0 Å². The molecule has 1 aliphatic rings. The maximum Gasteiger partial charge on any atom is 0.255 e. The molecule has 5 nitrogen and oxygen atoms in total. The Labute approximate surface area is 158 Å². The van der Waals surface area contributed by atoms with Crippen LogP contribution in [0.25, 0.3) is 10.9 Å². The van der Waals surface area contributed by atoms with Crippen molar-refractivity contribution in [2.75, 3.05) is 18.4 Å². The minimum atomic E-state index is -0.217. The van der Waals surface area contributed by atoms with E-state index in [9.17, 15) is 9.59 Å². The summed E-state index contributed by atoms with van der Waals surface area (Å²) in [6.07, 6.45) is 5.02. The van der Waals surface area contributed by atoms with Crippen molar-refractivity contribution in [3.63, 3.8) is 0 Å². The molecule has 136 valence electrons. The highest BCUT2D eigenvalue weighted by Crippen LogP contribution is 2.21. The Balaban J connectivity index is 1.50. The first-order valence-corrected chi connectivity index (χ1v) is 9.27. The fourth-order valence-electron chi connectivity index (χ4n) is 3.44. The molecule has 1 N–H and O–H groups in total.